The normalized spacial score (nSPS) is 10.5. The third-order valence-electron chi connectivity index (χ3n) is 3.73. The molecule has 1 amide bonds. The van der Waals surface area contributed by atoms with Crippen molar-refractivity contribution < 1.29 is 19.2 Å². The van der Waals surface area contributed by atoms with Crippen molar-refractivity contribution in [3.63, 3.8) is 0 Å². The lowest BCUT2D eigenvalue weighted by atomic mass is 10.2. The lowest BCUT2D eigenvalue weighted by Gasteiger charge is -2.17. The van der Waals surface area contributed by atoms with Crippen molar-refractivity contribution in [1.29, 1.82) is 0 Å². The number of anilines is 1. The molecule has 0 aromatic heterocycles. The Morgan fingerprint density at radius 1 is 1.22 bits per heavy atom. The van der Waals surface area contributed by atoms with Crippen LogP contribution < -0.4 is 14.8 Å². The summed E-state index contributed by atoms with van der Waals surface area (Å²) in [6.07, 6.45) is 0. The van der Waals surface area contributed by atoms with E-state index < -0.39 is 4.92 Å². The second-order valence-electron chi connectivity index (χ2n) is 5.95. The number of carbonyl (C=O) groups excluding carboxylic acids is 1. The van der Waals surface area contributed by atoms with Crippen LogP contribution in [0.1, 0.15) is 12.5 Å². The summed E-state index contributed by atoms with van der Waals surface area (Å²) in [5.74, 6) is 1.06. The van der Waals surface area contributed by atoms with Crippen LogP contribution in [0.3, 0.4) is 0 Å². The van der Waals surface area contributed by atoms with Crippen LogP contribution >= 0.6 is 0 Å². The second kappa shape index (κ2) is 9.54. The smallest absolute Gasteiger partial charge is 0.271 e. The van der Waals surface area contributed by atoms with Crippen LogP contribution in [0.15, 0.2) is 42.5 Å². The molecule has 0 atom stereocenters. The molecule has 8 heteroatoms. The Balaban J connectivity index is 1.95. The summed E-state index contributed by atoms with van der Waals surface area (Å²) in [5.41, 5.74) is 1.30. The molecule has 0 spiro atoms. The van der Waals surface area contributed by atoms with E-state index in [9.17, 15) is 14.9 Å². The summed E-state index contributed by atoms with van der Waals surface area (Å²) in [5, 5.41) is 13.5. The van der Waals surface area contributed by atoms with E-state index in [-0.39, 0.29) is 18.1 Å². The van der Waals surface area contributed by atoms with Gasteiger partial charge in [-0.1, -0.05) is 12.1 Å². The maximum Gasteiger partial charge on any atom is 0.271 e. The molecule has 2 rings (SSSR count). The Morgan fingerprint density at radius 2 is 2.00 bits per heavy atom. The number of nitro groups is 1. The van der Waals surface area contributed by atoms with Crippen molar-refractivity contribution >= 4 is 17.3 Å². The summed E-state index contributed by atoms with van der Waals surface area (Å²) in [6, 6.07) is 11.5. The molecular formula is C19H23N3O5. The number of ether oxygens (including phenoxy) is 2. The first-order valence-electron chi connectivity index (χ1n) is 8.45. The van der Waals surface area contributed by atoms with Crippen LogP contribution in [-0.4, -0.2) is 43.0 Å². The fraction of sp³-hybridized carbons (Fsp3) is 0.316. The average Bonchev–Trinajstić information content (AvgIpc) is 2.63. The Morgan fingerprint density at radius 3 is 2.67 bits per heavy atom. The fourth-order valence-corrected chi connectivity index (χ4v) is 2.60. The topological polar surface area (TPSA) is 93.9 Å². The fourth-order valence-electron chi connectivity index (χ4n) is 2.60. The highest BCUT2D eigenvalue weighted by Gasteiger charge is 2.12. The Labute approximate surface area is 157 Å². The van der Waals surface area contributed by atoms with Crippen molar-refractivity contribution in [2.45, 2.75) is 13.5 Å². The maximum absolute atomic E-state index is 12.2. The lowest BCUT2D eigenvalue weighted by molar-refractivity contribution is -0.384. The van der Waals surface area contributed by atoms with Gasteiger partial charge in [-0.25, -0.2) is 0 Å². The molecule has 1 N–H and O–H groups in total. The highest BCUT2D eigenvalue weighted by atomic mass is 16.6. The molecule has 2 aromatic rings. The number of hydrogen-bond acceptors (Lipinski definition) is 6. The molecule has 0 bridgehead atoms. The zero-order valence-corrected chi connectivity index (χ0v) is 15.6. The molecule has 0 radical (unpaired) electrons. The molecule has 0 unspecified atom stereocenters. The molecular weight excluding hydrogens is 350 g/mol. The molecule has 27 heavy (non-hydrogen) atoms. The monoisotopic (exact) mass is 373 g/mol. The second-order valence-corrected chi connectivity index (χ2v) is 5.95. The predicted molar refractivity (Wildman–Crippen MR) is 102 cm³/mol. The van der Waals surface area contributed by atoms with E-state index in [1.165, 1.54) is 18.2 Å². The average molecular weight is 373 g/mol. The molecule has 0 fully saturated rings. The molecule has 144 valence electrons. The molecule has 0 aliphatic rings. The van der Waals surface area contributed by atoms with Gasteiger partial charge in [0.1, 0.15) is 0 Å². The van der Waals surface area contributed by atoms with Gasteiger partial charge in [-0.15, -0.1) is 0 Å². The van der Waals surface area contributed by atoms with Gasteiger partial charge < -0.3 is 14.8 Å². The van der Waals surface area contributed by atoms with Crippen LogP contribution in [0, 0.1) is 10.1 Å². The number of carbonyl (C=O) groups is 1. The maximum atomic E-state index is 12.2. The number of hydrogen-bond donors (Lipinski definition) is 1. The van der Waals surface area contributed by atoms with Crippen LogP contribution in [-0.2, 0) is 11.3 Å². The first-order chi connectivity index (χ1) is 12.9. The molecule has 2 aromatic carbocycles. The SMILES string of the molecule is CCOc1ccc(CN(C)CC(=O)Nc2cccc([N+](=O)[O-])c2)cc1OC. The zero-order valence-electron chi connectivity index (χ0n) is 15.6. The Hall–Kier alpha value is -3.13. The van der Waals surface area contributed by atoms with E-state index in [1.807, 2.05) is 37.1 Å². The van der Waals surface area contributed by atoms with Gasteiger partial charge in [0.05, 0.1) is 25.2 Å². The van der Waals surface area contributed by atoms with E-state index in [2.05, 4.69) is 5.32 Å². The highest BCUT2D eigenvalue weighted by molar-refractivity contribution is 5.92. The van der Waals surface area contributed by atoms with Gasteiger partial charge in [-0.3, -0.25) is 19.8 Å². The number of benzene rings is 2. The van der Waals surface area contributed by atoms with E-state index >= 15 is 0 Å². The minimum atomic E-state index is -0.499. The van der Waals surface area contributed by atoms with Crippen molar-refractivity contribution in [2.75, 3.05) is 32.6 Å². The van der Waals surface area contributed by atoms with Crippen LogP contribution in [0.25, 0.3) is 0 Å². The van der Waals surface area contributed by atoms with Gasteiger partial charge in [0.25, 0.3) is 5.69 Å². The summed E-state index contributed by atoms with van der Waals surface area (Å²) in [4.78, 5) is 24.3. The largest absolute Gasteiger partial charge is 0.493 e. The summed E-state index contributed by atoms with van der Waals surface area (Å²) in [7, 11) is 3.40. The van der Waals surface area contributed by atoms with E-state index in [4.69, 9.17) is 9.47 Å². The van der Waals surface area contributed by atoms with Crippen molar-refractivity contribution in [1.82, 2.24) is 4.90 Å². The van der Waals surface area contributed by atoms with Crippen molar-refractivity contribution in [2.24, 2.45) is 0 Å². The number of nitrogens with one attached hydrogen (secondary N) is 1. The third-order valence-corrected chi connectivity index (χ3v) is 3.73. The number of rotatable bonds is 9. The van der Waals surface area contributed by atoms with Crippen LogP contribution in [0.4, 0.5) is 11.4 Å². The molecule has 0 aliphatic carbocycles. The van der Waals surface area contributed by atoms with E-state index in [0.717, 1.165) is 5.56 Å². The number of nitro benzene ring substituents is 1. The highest BCUT2D eigenvalue weighted by Crippen LogP contribution is 2.28. The van der Waals surface area contributed by atoms with Gasteiger partial charge in [0, 0.05) is 24.4 Å². The van der Waals surface area contributed by atoms with Gasteiger partial charge in [-0.2, -0.15) is 0 Å². The molecule has 0 saturated heterocycles. The van der Waals surface area contributed by atoms with Gasteiger partial charge >= 0.3 is 0 Å². The van der Waals surface area contributed by atoms with Crippen LogP contribution in [0.5, 0.6) is 11.5 Å². The Bertz CT molecular complexity index is 810. The summed E-state index contributed by atoms with van der Waals surface area (Å²) in [6.45, 7) is 3.12. The van der Waals surface area contributed by atoms with Gasteiger partial charge in [0.2, 0.25) is 5.91 Å². The van der Waals surface area contributed by atoms with E-state index in [0.29, 0.717) is 30.3 Å². The molecule has 0 heterocycles. The standard InChI is InChI=1S/C19H23N3O5/c1-4-27-17-9-8-14(10-18(17)26-3)12-21(2)13-19(23)20-15-6-5-7-16(11-15)22(24)25/h5-11H,4,12-13H2,1-3H3,(H,20,23). The molecule has 8 nitrogen and oxygen atoms in total. The molecule has 0 saturated carbocycles. The minimum Gasteiger partial charge on any atom is -0.493 e. The predicted octanol–water partition coefficient (Wildman–Crippen LogP) is 3.07. The lowest BCUT2D eigenvalue weighted by Crippen LogP contribution is -2.29. The molecule has 0 aliphatic heterocycles. The van der Waals surface area contributed by atoms with Crippen molar-refractivity contribution in [3.05, 3.63) is 58.1 Å². The third kappa shape index (κ3) is 5.96. The van der Waals surface area contributed by atoms with Crippen LogP contribution in [0.2, 0.25) is 0 Å². The zero-order chi connectivity index (χ0) is 19.8. The first kappa shape index (κ1) is 20.2. The van der Waals surface area contributed by atoms with Gasteiger partial charge in [-0.05, 0) is 37.7 Å². The number of nitrogens with zero attached hydrogens (tertiary/aromatic N) is 2. The summed E-state index contributed by atoms with van der Waals surface area (Å²) < 4.78 is 10.8. The van der Waals surface area contributed by atoms with Gasteiger partial charge in [0.15, 0.2) is 11.5 Å². The quantitative estimate of drug-likeness (QED) is 0.536. The number of likely N-dealkylation sites (N-methyl/N-ethyl adjacent to an activating group) is 1. The van der Waals surface area contributed by atoms with Crippen molar-refractivity contribution in [3.8, 4) is 11.5 Å². The summed E-state index contributed by atoms with van der Waals surface area (Å²) >= 11 is 0. The first-order valence-corrected chi connectivity index (χ1v) is 8.45. The number of amides is 1. The number of non-ortho nitro benzene ring substituents is 1. The minimum absolute atomic E-state index is 0.0670. The van der Waals surface area contributed by atoms with E-state index in [1.54, 1.807) is 13.2 Å². The number of methoxy groups -OCH3 is 1. The Kier molecular flexibility index (Phi) is 7.13.